The molecule has 1 rings (SSSR count). The van der Waals surface area contributed by atoms with Crippen LogP contribution in [-0.2, 0) is 6.54 Å². The molecule has 0 aliphatic carbocycles. The van der Waals surface area contributed by atoms with Crippen molar-refractivity contribution in [1.82, 2.24) is 15.3 Å². The molecule has 1 aromatic rings. The van der Waals surface area contributed by atoms with E-state index in [0.29, 0.717) is 13.1 Å². The Morgan fingerprint density at radius 2 is 2.17 bits per heavy atom. The Morgan fingerprint density at radius 3 is 2.83 bits per heavy atom. The van der Waals surface area contributed by atoms with Crippen molar-refractivity contribution >= 4 is 0 Å². The molecule has 0 saturated carbocycles. The normalized spacial score (nSPS) is 8.75. The first-order valence-electron chi connectivity index (χ1n) is 3.79. The molecule has 3 heteroatoms. The highest BCUT2D eigenvalue weighted by molar-refractivity contribution is 4.97. The first-order chi connectivity index (χ1) is 5.93. The van der Waals surface area contributed by atoms with Crippen LogP contribution in [0.4, 0.5) is 0 Å². The zero-order valence-electron chi connectivity index (χ0n) is 7.04. The third kappa shape index (κ3) is 3.13. The first-order valence-corrected chi connectivity index (χ1v) is 3.79. The Bertz CT molecular complexity index is 271. The fourth-order valence-electron chi connectivity index (χ4n) is 0.746. The standard InChI is InChI=1S/C9H11N3/c1-2-3-5-10-8-9-11-6-4-7-12-9/h4,6-7,10H,5,8H2,1H3. The van der Waals surface area contributed by atoms with Crippen molar-refractivity contribution in [2.75, 3.05) is 6.54 Å². The Kier molecular flexibility index (Phi) is 3.82. The molecule has 0 atom stereocenters. The van der Waals surface area contributed by atoms with Crippen LogP contribution in [0.2, 0.25) is 0 Å². The third-order valence-corrected chi connectivity index (χ3v) is 1.29. The lowest BCUT2D eigenvalue weighted by Crippen LogP contribution is -2.15. The van der Waals surface area contributed by atoms with Crippen molar-refractivity contribution in [3.8, 4) is 11.8 Å². The lowest BCUT2D eigenvalue weighted by Gasteiger charge is -1.97. The molecule has 0 spiro atoms. The Balaban J connectivity index is 2.27. The average molecular weight is 161 g/mol. The average Bonchev–Trinajstić information content (AvgIpc) is 2.14. The summed E-state index contributed by atoms with van der Waals surface area (Å²) in [6.07, 6.45) is 3.46. The molecule has 1 heterocycles. The molecule has 0 fully saturated rings. The van der Waals surface area contributed by atoms with Crippen LogP contribution >= 0.6 is 0 Å². The zero-order valence-corrected chi connectivity index (χ0v) is 7.04. The molecule has 0 aliphatic heterocycles. The van der Waals surface area contributed by atoms with Crippen LogP contribution in [-0.4, -0.2) is 16.5 Å². The molecule has 1 N–H and O–H groups in total. The lowest BCUT2D eigenvalue weighted by molar-refractivity contribution is 0.723. The van der Waals surface area contributed by atoms with Gasteiger partial charge in [-0.05, 0) is 13.0 Å². The van der Waals surface area contributed by atoms with E-state index in [4.69, 9.17) is 0 Å². The van der Waals surface area contributed by atoms with Crippen molar-refractivity contribution in [2.24, 2.45) is 0 Å². The van der Waals surface area contributed by atoms with Crippen molar-refractivity contribution < 1.29 is 0 Å². The number of rotatable bonds is 3. The summed E-state index contributed by atoms with van der Waals surface area (Å²) in [5.41, 5.74) is 0. The van der Waals surface area contributed by atoms with Gasteiger partial charge in [0.15, 0.2) is 0 Å². The SMILES string of the molecule is CC#CCNCc1ncccn1. The van der Waals surface area contributed by atoms with Gasteiger partial charge in [-0.1, -0.05) is 5.92 Å². The van der Waals surface area contributed by atoms with E-state index in [-0.39, 0.29) is 0 Å². The minimum absolute atomic E-state index is 0.676. The third-order valence-electron chi connectivity index (χ3n) is 1.29. The highest BCUT2D eigenvalue weighted by Gasteiger charge is 1.90. The summed E-state index contributed by atoms with van der Waals surface area (Å²) in [7, 11) is 0. The molecule has 0 aliphatic rings. The predicted octanol–water partition coefficient (Wildman–Crippen LogP) is 0.590. The minimum atomic E-state index is 0.676. The molecule has 0 aromatic carbocycles. The molecule has 12 heavy (non-hydrogen) atoms. The summed E-state index contributed by atoms with van der Waals surface area (Å²) >= 11 is 0. The van der Waals surface area contributed by atoms with Crippen molar-refractivity contribution in [1.29, 1.82) is 0 Å². The molecule has 0 bridgehead atoms. The highest BCUT2D eigenvalue weighted by atomic mass is 14.9. The highest BCUT2D eigenvalue weighted by Crippen LogP contribution is 1.84. The van der Waals surface area contributed by atoms with Gasteiger partial charge >= 0.3 is 0 Å². The molecule has 3 nitrogen and oxygen atoms in total. The summed E-state index contributed by atoms with van der Waals surface area (Å²) in [6.45, 7) is 3.19. The maximum absolute atomic E-state index is 4.05. The topological polar surface area (TPSA) is 37.8 Å². The van der Waals surface area contributed by atoms with Crippen LogP contribution in [0, 0.1) is 11.8 Å². The molecule has 0 saturated heterocycles. The number of nitrogens with zero attached hydrogens (tertiary/aromatic N) is 2. The smallest absolute Gasteiger partial charge is 0.141 e. The fourth-order valence-corrected chi connectivity index (χ4v) is 0.746. The van der Waals surface area contributed by atoms with E-state index >= 15 is 0 Å². The summed E-state index contributed by atoms with van der Waals surface area (Å²) in [4.78, 5) is 8.11. The van der Waals surface area contributed by atoms with Gasteiger partial charge in [0.25, 0.3) is 0 Å². The van der Waals surface area contributed by atoms with Crippen LogP contribution in [0.25, 0.3) is 0 Å². The monoisotopic (exact) mass is 161 g/mol. The van der Waals surface area contributed by atoms with E-state index in [2.05, 4.69) is 27.1 Å². The molecule has 62 valence electrons. The Morgan fingerprint density at radius 1 is 1.42 bits per heavy atom. The van der Waals surface area contributed by atoms with Gasteiger partial charge in [0.05, 0.1) is 13.1 Å². The van der Waals surface area contributed by atoms with Crippen LogP contribution in [0.3, 0.4) is 0 Å². The van der Waals surface area contributed by atoms with Gasteiger partial charge in [0.1, 0.15) is 5.82 Å². The number of hydrogen-bond acceptors (Lipinski definition) is 3. The van der Waals surface area contributed by atoms with E-state index in [0.717, 1.165) is 5.82 Å². The van der Waals surface area contributed by atoms with Crippen LogP contribution in [0.1, 0.15) is 12.7 Å². The van der Waals surface area contributed by atoms with Gasteiger partial charge in [-0.25, -0.2) is 9.97 Å². The first kappa shape index (κ1) is 8.69. The molecule has 0 amide bonds. The van der Waals surface area contributed by atoms with Crippen molar-refractivity contribution in [3.05, 3.63) is 24.3 Å². The second-order valence-corrected chi connectivity index (χ2v) is 2.20. The van der Waals surface area contributed by atoms with E-state index < -0.39 is 0 Å². The zero-order chi connectivity index (χ0) is 8.65. The van der Waals surface area contributed by atoms with Gasteiger partial charge in [-0.15, -0.1) is 5.92 Å². The minimum Gasteiger partial charge on any atom is -0.299 e. The summed E-state index contributed by atoms with van der Waals surface area (Å²) in [5.74, 6) is 6.50. The second kappa shape index (κ2) is 5.28. The van der Waals surface area contributed by atoms with Crippen LogP contribution < -0.4 is 5.32 Å². The molecule has 0 unspecified atom stereocenters. The quantitative estimate of drug-likeness (QED) is 0.521. The van der Waals surface area contributed by atoms with Crippen molar-refractivity contribution in [2.45, 2.75) is 13.5 Å². The van der Waals surface area contributed by atoms with E-state index in [1.54, 1.807) is 18.5 Å². The van der Waals surface area contributed by atoms with E-state index in [1.807, 2.05) is 6.92 Å². The maximum Gasteiger partial charge on any atom is 0.141 e. The van der Waals surface area contributed by atoms with Gasteiger partial charge < -0.3 is 0 Å². The summed E-state index contributed by atoms with van der Waals surface area (Å²) in [5, 5.41) is 3.10. The fraction of sp³-hybridized carbons (Fsp3) is 0.333. The van der Waals surface area contributed by atoms with Gasteiger partial charge in [-0.2, -0.15) is 0 Å². The lowest BCUT2D eigenvalue weighted by atomic mass is 10.5. The largest absolute Gasteiger partial charge is 0.299 e. The predicted molar refractivity (Wildman–Crippen MR) is 47.2 cm³/mol. The Labute approximate surface area is 72.2 Å². The Hall–Kier alpha value is -1.40. The van der Waals surface area contributed by atoms with Gasteiger partial charge in [-0.3, -0.25) is 5.32 Å². The molecule has 1 aromatic heterocycles. The van der Waals surface area contributed by atoms with Crippen LogP contribution in [0.5, 0.6) is 0 Å². The summed E-state index contributed by atoms with van der Waals surface area (Å²) in [6, 6.07) is 1.80. The van der Waals surface area contributed by atoms with E-state index in [1.165, 1.54) is 0 Å². The van der Waals surface area contributed by atoms with E-state index in [9.17, 15) is 0 Å². The molecule has 0 radical (unpaired) electrons. The number of nitrogens with one attached hydrogen (secondary N) is 1. The number of hydrogen-bond donors (Lipinski definition) is 1. The van der Waals surface area contributed by atoms with Crippen molar-refractivity contribution in [3.63, 3.8) is 0 Å². The summed E-state index contributed by atoms with van der Waals surface area (Å²) < 4.78 is 0. The molecular weight excluding hydrogens is 150 g/mol. The maximum atomic E-state index is 4.05. The van der Waals surface area contributed by atoms with Gasteiger partial charge in [0, 0.05) is 12.4 Å². The van der Waals surface area contributed by atoms with Crippen LogP contribution in [0.15, 0.2) is 18.5 Å². The second-order valence-electron chi connectivity index (χ2n) is 2.20. The number of aromatic nitrogens is 2. The van der Waals surface area contributed by atoms with Gasteiger partial charge in [0.2, 0.25) is 0 Å². The molecular formula is C9H11N3.